The summed E-state index contributed by atoms with van der Waals surface area (Å²) >= 11 is 0. The van der Waals surface area contributed by atoms with Gasteiger partial charge in [0.25, 0.3) is 0 Å². The predicted octanol–water partition coefficient (Wildman–Crippen LogP) is 6.20. The summed E-state index contributed by atoms with van der Waals surface area (Å²) in [7, 11) is 0. The third-order valence-electron chi connectivity index (χ3n) is 4.58. The molecule has 0 aromatic rings. The summed E-state index contributed by atoms with van der Waals surface area (Å²) in [5.74, 6) is -4.01. The van der Waals surface area contributed by atoms with Crippen LogP contribution in [-0.2, 0) is 9.59 Å². The molecular formula is C21H38O4. The summed E-state index contributed by atoms with van der Waals surface area (Å²) in [6.07, 6.45) is 22.0. The Morgan fingerprint density at radius 2 is 1.04 bits per heavy atom. The van der Waals surface area contributed by atoms with Gasteiger partial charge in [-0.15, -0.1) is 0 Å². The number of hydrogen-bond donors (Lipinski definition) is 2. The molecule has 0 unspecified atom stereocenters. The van der Waals surface area contributed by atoms with Gasteiger partial charge in [-0.2, -0.15) is 0 Å². The predicted molar refractivity (Wildman–Crippen MR) is 103 cm³/mol. The van der Waals surface area contributed by atoms with Gasteiger partial charge < -0.3 is 10.2 Å². The van der Waals surface area contributed by atoms with E-state index in [1.807, 2.05) is 0 Å². The van der Waals surface area contributed by atoms with Crippen LogP contribution in [0.2, 0.25) is 0 Å². The van der Waals surface area contributed by atoms with Crippen molar-refractivity contribution in [3.8, 4) is 0 Å². The standard InChI is InChI=1S/C21H38O4/c1-2-3-4-5-6-7-8-9-10-11-12-13-14-15-16-17-18-19(20(22)23)21(24)25/h17-19H,2-16H2,1H3,(H,22,23)(H,24,25)/b18-17-. The minimum Gasteiger partial charge on any atom is -0.480 e. The Labute approximate surface area is 153 Å². The Morgan fingerprint density at radius 3 is 1.40 bits per heavy atom. The number of hydrogen-bond acceptors (Lipinski definition) is 2. The van der Waals surface area contributed by atoms with Crippen molar-refractivity contribution in [2.45, 2.75) is 103 Å². The summed E-state index contributed by atoms with van der Waals surface area (Å²) in [6.45, 7) is 2.25. The molecule has 2 N–H and O–H groups in total. The number of unbranched alkanes of at least 4 members (excludes halogenated alkanes) is 14. The Balaban J connectivity index is 3.31. The fourth-order valence-corrected chi connectivity index (χ4v) is 2.96. The van der Waals surface area contributed by atoms with Gasteiger partial charge >= 0.3 is 11.9 Å². The average molecular weight is 355 g/mol. The van der Waals surface area contributed by atoms with Crippen LogP contribution in [0.5, 0.6) is 0 Å². The number of allylic oxidation sites excluding steroid dienone is 1. The van der Waals surface area contributed by atoms with E-state index in [-0.39, 0.29) is 0 Å². The van der Waals surface area contributed by atoms with Gasteiger partial charge in [0.15, 0.2) is 5.92 Å². The lowest BCUT2D eigenvalue weighted by atomic mass is 10.0. The van der Waals surface area contributed by atoms with E-state index in [9.17, 15) is 9.59 Å². The van der Waals surface area contributed by atoms with Crippen LogP contribution in [0.25, 0.3) is 0 Å². The first kappa shape index (κ1) is 23.7. The minimum absolute atomic E-state index is 0.759. The van der Waals surface area contributed by atoms with E-state index in [4.69, 9.17) is 10.2 Å². The molecular weight excluding hydrogens is 316 g/mol. The summed E-state index contributed by atoms with van der Waals surface area (Å²) in [4.78, 5) is 21.4. The molecule has 0 aliphatic rings. The monoisotopic (exact) mass is 354 g/mol. The van der Waals surface area contributed by atoms with E-state index in [0.717, 1.165) is 19.3 Å². The molecule has 25 heavy (non-hydrogen) atoms. The molecule has 0 radical (unpaired) electrons. The van der Waals surface area contributed by atoms with Gasteiger partial charge in [0, 0.05) is 0 Å². The smallest absolute Gasteiger partial charge is 0.321 e. The Morgan fingerprint density at radius 1 is 0.680 bits per heavy atom. The lowest BCUT2D eigenvalue weighted by molar-refractivity contribution is -0.151. The van der Waals surface area contributed by atoms with Crippen LogP contribution in [0.1, 0.15) is 103 Å². The molecule has 0 rings (SSSR count). The normalized spacial score (nSPS) is 11.4. The van der Waals surface area contributed by atoms with Crippen LogP contribution in [0.3, 0.4) is 0 Å². The zero-order chi connectivity index (χ0) is 18.8. The number of aliphatic carboxylic acids is 2. The zero-order valence-electron chi connectivity index (χ0n) is 16.0. The largest absolute Gasteiger partial charge is 0.480 e. The van der Waals surface area contributed by atoms with Crippen LogP contribution in [0.4, 0.5) is 0 Å². The Hall–Kier alpha value is -1.32. The van der Waals surface area contributed by atoms with Gasteiger partial charge in [-0.3, -0.25) is 9.59 Å². The maximum absolute atomic E-state index is 10.7. The number of carboxylic acids is 2. The second-order valence-electron chi connectivity index (χ2n) is 6.97. The van der Waals surface area contributed by atoms with E-state index in [0.29, 0.717) is 0 Å². The van der Waals surface area contributed by atoms with Gasteiger partial charge in [-0.25, -0.2) is 0 Å². The van der Waals surface area contributed by atoms with Crippen molar-refractivity contribution in [2.75, 3.05) is 0 Å². The van der Waals surface area contributed by atoms with Crippen molar-refractivity contribution in [1.82, 2.24) is 0 Å². The number of carboxylic acid groups (broad SMARTS) is 2. The molecule has 0 aliphatic carbocycles. The molecule has 0 fully saturated rings. The van der Waals surface area contributed by atoms with Gasteiger partial charge in [0.1, 0.15) is 0 Å². The maximum atomic E-state index is 10.7. The second-order valence-corrected chi connectivity index (χ2v) is 6.97. The minimum atomic E-state index is -1.41. The molecule has 0 saturated heterocycles. The van der Waals surface area contributed by atoms with E-state index in [1.54, 1.807) is 6.08 Å². The third-order valence-corrected chi connectivity index (χ3v) is 4.58. The van der Waals surface area contributed by atoms with Crippen molar-refractivity contribution in [2.24, 2.45) is 5.92 Å². The molecule has 0 aliphatic heterocycles. The SMILES string of the molecule is CCCCCCCCCCCCCCCC/C=C\C(C(=O)O)C(=O)O. The fraction of sp³-hybridized carbons (Fsp3) is 0.810. The molecule has 0 bridgehead atoms. The first-order valence-corrected chi connectivity index (χ1v) is 10.2. The van der Waals surface area contributed by atoms with Gasteiger partial charge in [0.2, 0.25) is 0 Å². The molecule has 146 valence electrons. The first-order valence-electron chi connectivity index (χ1n) is 10.2. The maximum Gasteiger partial charge on any atom is 0.321 e. The molecule has 0 saturated carbocycles. The molecule has 4 heteroatoms. The van der Waals surface area contributed by atoms with Crippen LogP contribution >= 0.6 is 0 Å². The van der Waals surface area contributed by atoms with Gasteiger partial charge in [0.05, 0.1) is 0 Å². The van der Waals surface area contributed by atoms with E-state index in [1.165, 1.54) is 83.1 Å². The quantitative estimate of drug-likeness (QED) is 0.174. The summed E-state index contributed by atoms with van der Waals surface area (Å²) in [5, 5.41) is 17.5. The van der Waals surface area contributed by atoms with Gasteiger partial charge in [-0.1, -0.05) is 103 Å². The highest BCUT2D eigenvalue weighted by Gasteiger charge is 2.21. The third kappa shape index (κ3) is 15.9. The summed E-state index contributed by atoms with van der Waals surface area (Å²) < 4.78 is 0. The van der Waals surface area contributed by atoms with Gasteiger partial charge in [-0.05, 0) is 12.8 Å². The van der Waals surface area contributed by atoms with Crippen LogP contribution in [-0.4, -0.2) is 22.2 Å². The van der Waals surface area contributed by atoms with Crippen LogP contribution in [0.15, 0.2) is 12.2 Å². The number of carbonyl (C=O) groups is 2. The van der Waals surface area contributed by atoms with E-state index >= 15 is 0 Å². The Bertz CT molecular complexity index is 349. The van der Waals surface area contributed by atoms with Crippen molar-refractivity contribution in [3.05, 3.63) is 12.2 Å². The second kappa shape index (κ2) is 17.5. The summed E-state index contributed by atoms with van der Waals surface area (Å²) in [5.41, 5.74) is 0. The molecule has 0 atom stereocenters. The molecule has 0 amide bonds. The average Bonchev–Trinajstić information content (AvgIpc) is 2.57. The lowest BCUT2D eigenvalue weighted by Crippen LogP contribution is -2.20. The lowest BCUT2D eigenvalue weighted by Gasteiger charge is -2.03. The van der Waals surface area contributed by atoms with Crippen LogP contribution < -0.4 is 0 Å². The van der Waals surface area contributed by atoms with E-state index < -0.39 is 17.9 Å². The molecule has 0 aromatic carbocycles. The van der Waals surface area contributed by atoms with E-state index in [2.05, 4.69) is 6.92 Å². The highest BCUT2D eigenvalue weighted by Crippen LogP contribution is 2.13. The molecule has 0 heterocycles. The first-order chi connectivity index (χ1) is 12.1. The molecule has 0 aromatic heterocycles. The topological polar surface area (TPSA) is 74.6 Å². The fourth-order valence-electron chi connectivity index (χ4n) is 2.96. The van der Waals surface area contributed by atoms with Crippen molar-refractivity contribution in [3.63, 3.8) is 0 Å². The van der Waals surface area contributed by atoms with Crippen molar-refractivity contribution in [1.29, 1.82) is 0 Å². The number of rotatable bonds is 18. The molecule has 4 nitrogen and oxygen atoms in total. The van der Waals surface area contributed by atoms with Crippen molar-refractivity contribution >= 4 is 11.9 Å². The van der Waals surface area contributed by atoms with Crippen LogP contribution in [0, 0.1) is 5.92 Å². The zero-order valence-corrected chi connectivity index (χ0v) is 16.0. The molecule has 0 spiro atoms. The highest BCUT2D eigenvalue weighted by molar-refractivity contribution is 5.94. The summed E-state index contributed by atoms with van der Waals surface area (Å²) in [6, 6.07) is 0. The Kier molecular flexibility index (Phi) is 16.6. The van der Waals surface area contributed by atoms with Crippen molar-refractivity contribution < 1.29 is 19.8 Å². The highest BCUT2D eigenvalue weighted by atomic mass is 16.4.